The number of carbonyl (C=O) groups excluding carboxylic acids is 1. The quantitative estimate of drug-likeness (QED) is 0.685. The molecule has 4 rings (SSSR count). The Morgan fingerprint density at radius 3 is 2.50 bits per heavy atom. The van der Waals surface area contributed by atoms with E-state index in [0.717, 1.165) is 12.0 Å². The van der Waals surface area contributed by atoms with Gasteiger partial charge in [-0.3, -0.25) is 4.79 Å². The lowest BCUT2D eigenvalue weighted by Gasteiger charge is -2.29. The molecule has 26 heavy (non-hydrogen) atoms. The van der Waals surface area contributed by atoms with Crippen molar-refractivity contribution in [1.82, 2.24) is 25.1 Å². The fraction of sp³-hybridized carbons (Fsp3) is 0.200. The Bertz CT molecular complexity index is 961. The van der Waals surface area contributed by atoms with Crippen molar-refractivity contribution in [3.05, 3.63) is 77.1 Å². The summed E-state index contributed by atoms with van der Waals surface area (Å²) in [6.45, 7) is 3.07. The molecule has 1 amide bonds. The Kier molecular flexibility index (Phi) is 4.31. The molecule has 0 saturated heterocycles. The van der Waals surface area contributed by atoms with Crippen molar-refractivity contribution in [2.75, 3.05) is 6.54 Å². The van der Waals surface area contributed by atoms with Crippen LogP contribution in [-0.2, 0) is 17.8 Å². The van der Waals surface area contributed by atoms with E-state index in [1.807, 2.05) is 53.4 Å². The van der Waals surface area contributed by atoms with E-state index in [1.165, 1.54) is 15.8 Å². The van der Waals surface area contributed by atoms with E-state index in [1.54, 1.807) is 6.92 Å². The maximum absolute atomic E-state index is 13.3. The number of aromatic nitrogens is 4. The van der Waals surface area contributed by atoms with Crippen LogP contribution in [0.2, 0.25) is 0 Å². The van der Waals surface area contributed by atoms with Crippen LogP contribution in [0.15, 0.2) is 54.6 Å². The molecule has 6 nitrogen and oxygen atoms in total. The Labute approximate surface area is 151 Å². The summed E-state index contributed by atoms with van der Waals surface area (Å²) in [5.74, 6) is 0.511. The van der Waals surface area contributed by atoms with Crippen LogP contribution >= 0.6 is 0 Å². The third-order valence-corrected chi connectivity index (χ3v) is 4.59. The van der Waals surface area contributed by atoms with E-state index in [9.17, 15) is 4.79 Å². The number of tetrazole rings is 1. The molecule has 0 unspecified atom stereocenters. The van der Waals surface area contributed by atoms with E-state index >= 15 is 0 Å². The first-order valence-corrected chi connectivity index (χ1v) is 8.60. The molecular weight excluding hydrogens is 326 g/mol. The van der Waals surface area contributed by atoms with Gasteiger partial charge >= 0.3 is 0 Å². The molecule has 1 aliphatic heterocycles. The predicted molar refractivity (Wildman–Crippen MR) is 98.7 cm³/mol. The number of aryl methyl sites for hydroxylation is 1. The standard InChI is InChI=1S/C20H19N5O/c1-15-21-22-23-25(15)19(13-16-7-3-2-4-8-16)20(26)24-12-11-17-9-5-6-10-18(17)14-24/h2-10,13H,11-12,14H2,1H3. The SMILES string of the molecule is Cc1nnnn1C(=Cc1ccccc1)C(=O)N1CCc2ccccc2C1. The second-order valence-electron chi connectivity index (χ2n) is 6.32. The lowest BCUT2D eigenvalue weighted by Crippen LogP contribution is -2.37. The third-order valence-electron chi connectivity index (χ3n) is 4.59. The average Bonchev–Trinajstić information content (AvgIpc) is 3.11. The number of hydrogen-bond acceptors (Lipinski definition) is 4. The van der Waals surface area contributed by atoms with E-state index in [4.69, 9.17) is 0 Å². The average molecular weight is 345 g/mol. The topological polar surface area (TPSA) is 63.9 Å². The summed E-state index contributed by atoms with van der Waals surface area (Å²) in [6.07, 6.45) is 2.70. The zero-order valence-corrected chi connectivity index (χ0v) is 14.5. The number of nitrogens with zero attached hydrogens (tertiary/aromatic N) is 5. The number of carbonyl (C=O) groups is 1. The van der Waals surface area contributed by atoms with Gasteiger partial charge in [-0.2, -0.15) is 4.68 Å². The van der Waals surface area contributed by atoms with Crippen molar-refractivity contribution in [3.63, 3.8) is 0 Å². The molecule has 1 aromatic heterocycles. The second kappa shape index (κ2) is 6.92. The minimum Gasteiger partial charge on any atom is -0.333 e. The molecule has 130 valence electrons. The predicted octanol–water partition coefficient (Wildman–Crippen LogP) is 2.56. The molecule has 0 radical (unpaired) electrons. The molecule has 0 atom stereocenters. The van der Waals surface area contributed by atoms with Gasteiger partial charge in [-0.05, 0) is 46.5 Å². The molecule has 6 heteroatoms. The van der Waals surface area contributed by atoms with Gasteiger partial charge in [0.2, 0.25) is 0 Å². The minimum absolute atomic E-state index is 0.0706. The third kappa shape index (κ3) is 3.13. The molecule has 0 bridgehead atoms. The van der Waals surface area contributed by atoms with Crippen molar-refractivity contribution in [1.29, 1.82) is 0 Å². The molecule has 3 aromatic rings. The highest BCUT2D eigenvalue weighted by Crippen LogP contribution is 2.22. The summed E-state index contributed by atoms with van der Waals surface area (Å²) in [5.41, 5.74) is 3.89. The van der Waals surface area contributed by atoms with E-state index in [-0.39, 0.29) is 5.91 Å². The minimum atomic E-state index is -0.0706. The van der Waals surface area contributed by atoms with Gasteiger partial charge in [0.25, 0.3) is 5.91 Å². The van der Waals surface area contributed by atoms with Crippen molar-refractivity contribution >= 4 is 17.7 Å². The van der Waals surface area contributed by atoms with Crippen LogP contribution in [0.1, 0.15) is 22.5 Å². The molecule has 0 N–H and O–H groups in total. The van der Waals surface area contributed by atoms with Crippen LogP contribution in [0.3, 0.4) is 0 Å². The maximum atomic E-state index is 13.3. The Morgan fingerprint density at radius 1 is 1.04 bits per heavy atom. The van der Waals surface area contributed by atoms with Gasteiger partial charge < -0.3 is 4.90 Å². The molecule has 0 fully saturated rings. The highest BCUT2D eigenvalue weighted by Gasteiger charge is 2.25. The monoisotopic (exact) mass is 345 g/mol. The lowest BCUT2D eigenvalue weighted by atomic mass is 9.99. The molecule has 0 saturated carbocycles. The van der Waals surface area contributed by atoms with Crippen LogP contribution in [0.25, 0.3) is 11.8 Å². The van der Waals surface area contributed by atoms with Gasteiger partial charge in [0.1, 0.15) is 5.70 Å². The lowest BCUT2D eigenvalue weighted by molar-refractivity contribution is -0.126. The fourth-order valence-corrected chi connectivity index (χ4v) is 3.21. The van der Waals surface area contributed by atoms with Gasteiger partial charge in [0.05, 0.1) is 0 Å². The van der Waals surface area contributed by atoms with Crippen LogP contribution < -0.4 is 0 Å². The zero-order chi connectivity index (χ0) is 17.9. The largest absolute Gasteiger partial charge is 0.333 e. The summed E-state index contributed by atoms with van der Waals surface area (Å²) in [7, 11) is 0. The van der Waals surface area contributed by atoms with Crippen LogP contribution in [-0.4, -0.2) is 37.6 Å². The molecule has 2 aromatic carbocycles. The smallest absolute Gasteiger partial charge is 0.272 e. The summed E-state index contributed by atoms with van der Waals surface area (Å²) < 4.78 is 1.51. The van der Waals surface area contributed by atoms with E-state index in [2.05, 4.69) is 27.7 Å². The Hall–Kier alpha value is -3.28. The van der Waals surface area contributed by atoms with Crippen LogP contribution in [0.4, 0.5) is 0 Å². The first-order valence-electron chi connectivity index (χ1n) is 8.60. The van der Waals surface area contributed by atoms with Gasteiger partial charge in [-0.25, -0.2) is 0 Å². The number of fused-ring (bicyclic) bond motifs is 1. The number of benzene rings is 2. The highest BCUT2D eigenvalue weighted by atomic mass is 16.2. The second-order valence-corrected chi connectivity index (χ2v) is 6.32. The summed E-state index contributed by atoms with van der Waals surface area (Å²) >= 11 is 0. The highest BCUT2D eigenvalue weighted by molar-refractivity contribution is 6.18. The van der Waals surface area contributed by atoms with Crippen LogP contribution in [0, 0.1) is 6.92 Å². The Balaban J connectivity index is 1.70. The first-order chi connectivity index (χ1) is 12.7. The van der Waals surface area contributed by atoms with Gasteiger partial charge in [-0.1, -0.05) is 54.6 Å². The van der Waals surface area contributed by atoms with Gasteiger partial charge in [0.15, 0.2) is 5.82 Å². The zero-order valence-electron chi connectivity index (χ0n) is 14.5. The fourth-order valence-electron chi connectivity index (χ4n) is 3.21. The first kappa shape index (κ1) is 16.2. The van der Waals surface area contributed by atoms with Crippen molar-refractivity contribution < 1.29 is 4.79 Å². The van der Waals surface area contributed by atoms with Gasteiger partial charge in [-0.15, -0.1) is 5.10 Å². The van der Waals surface area contributed by atoms with E-state index in [0.29, 0.717) is 24.6 Å². The molecule has 0 spiro atoms. The van der Waals surface area contributed by atoms with E-state index < -0.39 is 0 Å². The Morgan fingerprint density at radius 2 is 1.77 bits per heavy atom. The number of hydrogen-bond donors (Lipinski definition) is 0. The van der Waals surface area contributed by atoms with Crippen LogP contribution in [0.5, 0.6) is 0 Å². The number of amides is 1. The van der Waals surface area contributed by atoms with Crippen molar-refractivity contribution in [2.24, 2.45) is 0 Å². The summed E-state index contributed by atoms with van der Waals surface area (Å²) in [4.78, 5) is 15.2. The van der Waals surface area contributed by atoms with Crippen molar-refractivity contribution in [3.8, 4) is 0 Å². The van der Waals surface area contributed by atoms with Gasteiger partial charge in [0, 0.05) is 13.1 Å². The molecule has 1 aliphatic rings. The normalized spacial score (nSPS) is 14.2. The molecule has 2 heterocycles. The maximum Gasteiger partial charge on any atom is 0.272 e. The summed E-state index contributed by atoms with van der Waals surface area (Å²) in [6, 6.07) is 18.0. The summed E-state index contributed by atoms with van der Waals surface area (Å²) in [5, 5.41) is 11.6. The van der Waals surface area contributed by atoms with Crippen molar-refractivity contribution in [2.45, 2.75) is 19.9 Å². The molecular formula is C20H19N5O. The molecule has 0 aliphatic carbocycles. The number of rotatable bonds is 3.